The Balaban J connectivity index is 1.92. The minimum Gasteiger partial charge on any atom is -0.493 e. The summed E-state index contributed by atoms with van der Waals surface area (Å²) in [5.74, 6) is 1.52. The molecule has 2 unspecified atom stereocenters. The van der Waals surface area contributed by atoms with E-state index in [9.17, 15) is 0 Å². The molecule has 80 valence electrons. The molecule has 0 radical (unpaired) electrons. The molecule has 0 spiro atoms. The molecule has 3 heteroatoms. The molecule has 3 rings (SSSR count). The van der Waals surface area contributed by atoms with Crippen molar-refractivity contribution >= 4 is 0 Å². The van der Waals surface area contributed by atoms with E-state index in [1.807, 2.05) is 0 Å². The molecule has 0 saturated carbocycles. The van der Waals surface area contributed by atoms with Crippen molar-refractivity contribution < 1.29 is 4.74 Å². The van der Waals surface area contributed by atoms with Gasteiger partial charge in [0.15, 0.2) is 0 Å². The maximum Gasteiger partial charge on any atom is 0.122 e. The topological polar surface area (TPSA) is 47.3 Å². The molecule has 1 fully saturated rings. The van der Waals surface area contributed by atoms with E-state index in [0.717, 1.165) is 31.9 Å². The fourth-order valence-electron chi connectivity index (χ4n) is 2.50. The minimum absolute atomic E-state index is 0.255. The predicted molar refractivity (Wildman–Crippen MR) is 59.2 cm³/mol. The summed E-state index contributed by atoms with van der Waals surface area (Å²) in [6.45, 7) is 2.76. The second-order valence-corrected chi connectivity index (χ2v) is 4.39. The molecule has 0 amide bonds. The van der Waals surface area contributed by atoms with E-state index in [2.05, 4.69) is 23.5 Å². The van der Waals surface area contributed by atoms with Gasteiger partial charge < -0.3 is 15.8 Å². The molecule has 2 atom stereocenters. The lowest BCUT2D eigenvalue weighted by Crippen LogP contribution is -2.27. The van der Waals surface area contributed by atoms with Gasteiger partial charge in [-0.25, -0.2) is 0 Å². The highest BCUT2D eigenvalue weighted by Crippen LogP contribution is 2.30. The average molecular weight is 204 g/mol. The van der Waals surface area contributed by atoms with Gasteiger partial charge in [0.05, 0.1) is 6.61 Å². The summed E-state index contributed by atoms with van der Waals surface area (Å²) in [4.78, 5) is 0. The number of benzene rings is 1. The van der Waals surface area contributed by atoms with Crippen molar-refractivity contribution in [2.45, 2.75) is 18.4 Å². The van der Waals surface area contributed by atoms with Gasteiger partial charge in [-0.3, -0.25) is 0 Å². The number of nitrogens with one attached hydrogen (secondary N) is 1. The fraction of sp³-hybridized carbons (Fsp3) is 0.500. The lowest BCUT2D eigenvalue weighted by molar-refractivity contribution is 0.357. The van der Waals surface area contributed by atoms with Gasteiger partial charge in [0.1, 0.15) is 5.75 Å². The van der Waals surface area contributed by atoms with Gasteiger partial charge in [-0.1, -0.05) is 12.1 Å². The van der Waals surface area contributed by atoms with Crippen molar-refractivity contribution in [1.29, 1.82) is 0 Å². The zero-order valence-electron chi connectivity index (χ0n) is 8.70. The number of hydrogen-bond donors (Lipinski definition) is 2. The molecule has 0 aromatic heterocycles. The van der Waals surface area contributed by atoms with E-state index < -0.39 is 0 Å². The van der Waals surface area contributed by atoms with Crippen molar-refractivity contribution in [3.63, 3.8) is 0 Å². The van der Waals surface area contributed by atoms with Crippen LogP contribution >= 0.6 is 0 Å². The minimum atomic E-state index is 0.255. The fourth-order valence-corrected chi connectivity index (χ4v) is 2.50. The van der Waals surface area contributed by atoms with Crippen molar-refractivity contribution in [3.05, 3.63) is 29.3 Å². The third-order valence-corrected chi connectivity index (χ3v) is 3.40. The largest absolute Gasteiger partial charge is 0.493 e. The highest BCUT2D eigenvalue weighted by Gasteiger charge is 2.26. The number of fused-ring (bicyclic) bond motifs is 1. The maximum atomic E-state index is 6.06. The van der Waals surface area contributed by atoms with Gasteiger partial charge in [0, 0.05) is 31.5 Å². The van der Waals surface area contributed by atoms with Crippen LogP contribution < -0.4 is 15.8 Å². The molecular weight excluding hydrogens is 188 g/mol. The van der Waals surface area contributed by atoms with Crippen molar-refractivity contribution in [3.8, 4) is 5.75 Å². The van der Waals surface area contributed by atoms with Crippen molar-refractivity contribution in [2.24, 2.45) is 5.73 Å². The van der Waals surface area contributed by atoms with Crippen LogP contribution in [0, 0.1) is 0 Å². The van der Waals surface area contributed by atoms with Crippen LogP contribution in [0.1, 0.15) is 17.0 Å². The molecule has 1 aromatic rings. The van der Waals surface area contributed by atoms with Crippen molar-refractivity contribution in [1.82, 2.24) is 5.32 Å². The average Bonchev–Trinajstić information content (AvgIpc) is 2.84. The van der Waals surface area contributed by atoms with Gasteiger partial charge >= 0.3 is 0 Å². The Morgan fingerprint density at radius 3 is 3.07 bits per heavy atom. The van der Waals surface area contributed by atoms with E-state index in [4.69, 9.17) is 10.5 Å². The smallest absolute Gasteiger partial charge is 0.122 e. The Hall–Kier alpha value is -1.06. The van der Waals surface area contributed by atoms with Crippen LogP contribution in [0.5, 0.6) is 5.75 Å². The third-order valence-electron chi connectivity index (χ3n) is 3.40. The van der Waals surface area contributed by atoms with Gasteiger partial charge in [0.25, 0.3) is 0 Å². The van der Waals surface area contributed by atoms with Gasteiger partial charge in [-0.05, 0) is 17.2 Å². The monoisotopic (exact) mass is 204 g/mol. The van der Waals surface area contributed by atoms with E-state index in [1.165, 1.54) is 11.1 Å². The molecule has 0 aliphatic carbocycles. The molecule has 1 saturated heterocycles. The van der Waals surface area contributed by atoms with E-state index in [1.54, 1.807) is 0 Å². The van der Waals surface area contributed by atoms with Crippen LogP contribution in [0.3, 0.4) is 0 Å². The van der Waals surface area contributed by atoms with Gasteiger partial charge in [-0.15, -0.1) is 0 Å². The van der Waals surface area contributed by atoms with Crippen LogP contribution in [-0.4, -0.2) is 25.7 Å². The Morgan fingerprint density at radius 2 is 2.27 bits per heavy atom. The first kappa shape index (κ1) is 9.19. The van der Waals surface area contributed by atoms with Crippen LogP contribution in [-0.2, 0) is 6.42 Å². The first-order valence-electron chi connectivity index (χ1n) is 5.56. The zero-order chi connectivity index (χ0) is 10.3. The standard InChI is InChI=1S/C12H16N2O/c13-11-7-14-6-10(11)8-1-2-12-9(5-8)3-4-15-12/h1-2,5,10-11,14H,3-4,6-7,13H2. The normalized spacial score (nSPS) is 28.9. The van der Waals surface area contributed by atoms with E-state index in [0.29, 0.717) is 5.92 Å². The summed E-state index contributed by atoms with van der Waals surface area (Å²) >= 11 is 0. The number of hydrogen-bond acceptors (Lipinski definition) is 3. The van der Waals surface area contributed by atoms with Crippen LogP contribution in [0.25, 0.3) is 0 Å². The van der Waals surface area contributed by atoms with Crippen molar-refractivity contribution in [2.75, 3.05) is 19.7 Å². The quantitative estimate of drug-likeness (QED) is 0.705. The summed E-state index contributed by atoms with van der Waals surface area (Å²) in [5.41, 5.74) is 8.76. The number of nitrogens with two attached hydrogens (primary N) is 1. The highest BCUT2D eigenvalue weighted by atomic mass is 16.5. The highest BCUT2D eigenvalue weighted by molar-refractivity contribution is 5.41. The third kappa shape index (κ3) is 1.52. The van der Waals surface area contributed by atoms with E-state index >= 15 is 0 Å². The van der Waals surface area contributed by atoms with Crippen LogP contribution in [0.2, 0.25) is 0 Å². The van der Waals surface area contributed by atoms with Crippen LogP contribution in [0.15, 0.2) is 18.2 Å². The lowest BCUT2D eigenvalue weighted by atomic mass is 9.93. The first-order valence-corrected chi connectivity index (χ1v) is 5.56. The molecule has 3 nitrogen and oxygen atoms in total. The summed E-state index contributed by atoms with van der Waals surface area (Å²) < 4.78 is 5.50. The molecule has 2 aliphatic rings. The van der Waals surface area contributed by atoms with Gasteiger partial charge in [0.2, 0.25) is 0 Å². The van der Waals surface area contributed by atoms with E-state index in [-0.39, 0.29) is 6.04 Å². The second kappa shape index (κ2) is 3.51. The maximum absolute atomic E-state index is 6.06. The van der Waals surface area contributed by atoms with Gasteiger partial charge in [-0.2, -0.15) is 0 Å². The predicted octanol–water partition coefficient (Wildman–Crippen LogP) is 0.636. The summed E-state index contributed by atoms with van der Waals surface area (Å²) in [6.07, 6.45) is 1.04. The number of ether oxygens (including phenoxy) is 1. The molecular formula is C12H16N2O. The molecule has 3 N–H and O–H groups in total. The molecule has 1 aromatic carbocycles. The Labute approximate surface area is 89.6 Å². The SMILES string of the molecule is NC1CNCC1c1ccc2c(c1)CCO2. The molecule has 0 bridgehead atoms. The second-order valence-electron chi connectivity index (χ2n) is 4.39. The van der Waals surface area contributed by atoms with Crippen LogP contribution in [0.4, 0.5) is 0 Å². The number of rotatable bonds is 1. The first-order chi connectivity index (χ1) is 7.34. The molecule has 15 heavy (non-hydrogen) atoms. The summed E-state index contributed by atoms with van der Waals surface area (Å²) in [5, 5.41) is 3.33. The zero-order valence-corrected chi connectivity index (χ0v) is 8.70. The molecule has 2 heterocycles. The molecule has 2 aliphatic heterocycles. The Kier molecular flexibility index (Phi) is 2.15. The Morgan fingerprint density at radius 1 is 1.33 bits per heavy atom. The lowest BCUT2D eigenvalue weighted by Gasteiger charge is -2.15. The Bertz CT molecular complexity index is 378. The summed E-state index contributed by atoms with van der Waals surface area (Å²) in [6, 6.07) is 6.76. The summed E-state index contributed by atoms with van der Waals surface area (Å²) in [7, 11) is 0.